The Morgan fingerprint density at radius 2 is 1.62 bits per heavy atom. The number of nitrogens with one attached hydrogen (secondary N) is 1. The van der Waals surface area contributed by atoms with Crippen LogP contribution in [0.4, 0.5) is 0 Å². The molecule has 0 radical (unpaired) electrons. The standard InChI is InChI=1S/C27H23BrN4/c28-24-8-4-3-7-23(24)26-31-25-16-21(20-10-9-18-5-1-2-6-19(18)15-20)17-30-27(25)32(26)22-11-13-29-14-12-22/h1-10,15-17,22,29H,11-14H2. The molecule has 1 aliphatic heterocycles. The Morgan fingerprint density at radius 1 is 0.844 bits per heavy atom. The highest BCUT2D eigenvalue weighted by molar-refractivity contribution is 9.10. The van der Waals surface area contributed by atoms with E-state index in [4.69, 9.17) is 9.97 Å². The Balaban J connectivity index is 1.53. The third-order valence-corrected chi connectivity index (χ3v) is 7.09. The number of benzene rings is 3. The van der Waals surface area contributed by atoms with Gasteiger partial charge in [-0.3, -0.25) is 0 Å². The largest absolute Gasteiger partial charge is 0.317 e. The number of hydrogen-bond acceptors (Lipinski definition) is 3. The van der Waals surface area contributed by atoms with Gasteiger partial charge in [0, 0.05) is 27.8 Å². The van der Waals surface area contributed by atoms with E-state index in [1.807, 2.05) is 12.3 Å². The van der Waals surface area contributed by atoms with Crippen molar-refractivity contribution in [2.75, 3.05) is 13.1 Å². The molecule has 1 fully saturated rings. The summed E-state index contributed by atoms with van der Waals surface area (Å²) in [5.74, 6) is 0.988. The molecular weight excluding hydrogens is 460 g/mol. The second-order valence-corrected chi connectivity index (χ2v) is 9.25. The van der Waals surface area contributed by atoms with E-state index in [1.165, 1.54) is 10.8 Å². The van der Waals surface area contributed by atoms with Crippen LogP contribution in [-0.4, -0.2) is 27.6 Å². The molecule has 3 aromatic carbocycles. The Kier molecular flexibility index (Phi) is 5.01. The van der Waals surface area contributed by atoms with Gasteiger partial charge in [-0.2, -0.15) is 0 Å². The average molecular weight is 483 g/mol. The van der Waals surface area contributed by atoms with Crippen LogP contribution in [0.25, 0.3) is 44.5 Å². The van der Waals surface area contributed by atoms with E-state index in [-0.39, 0.29) is 0 Å². The minimum atomic E-state index is 0.391. The number of piperidine rings is 1. The summed E-state index contributed by atoms with van der Waals surface area (Å²) in [4.78, 5) is 10.1. The predicted octanol–water partition coefficient (Wildman–Crippen LogP) is 6.61. The zero-order valence-electron chi connectivity index (χ0n) is 17.6. The Hall–Kier alpha value is -3.02. The summed E-state index contributed by atoms with van der Waals surface area (Å²) in [5, 5.41) is 5.96. The van der Waals surface area contributed by atoms with Crippen LogP contribution in [-0.2, 0) is 0 Å². The number of nitrogens with zero attached hydrogens (tertiary/aromatic N) is 3. The van der Waals surface area contributed by atoms with Crippen molar-refractivity contribution in [2.45, 2.75) is 18.9 Å². The maximum atomic E-state index is 5.12. The lowest BCUT2D eigenvalue weighted by atomic mass is 10.0. The number of aromatic nitrogens is 3. The summed E-state index contributed by atoms with van der Waals surface area (Å²) in [6, 6.07) is 25.9. The molecule has 3 heterocycles. The van der Waals surface area contributed by atoms with Gasteiger partial charge in [0.1, 0.15) is 11.3 Å². The van der Waals surface area contributed by atoms with Crippen LogP contribution in [0.2, 0.25) is 0 Å². The van der Waals surface area contributed by atoms with Gasteiger partial charge in [0.05, 0.1) is 0 Å². The summed E-state index contributed by atoms with van der Waals surface area (Å²) in [5.41, 5.74) is 5.28. The summed E-state index contributed by atoms with van der Waals surface area (Å²) >= 11 is 3.74. The average Bonchev–Trinajstić information content (AvgIpc) is 3.23. The Bertz CT molecular complexity index is 1430. The van der Waals surface area contributed by atoms with E-state index in [1.54, 1.807) is 0 Å². The number of rotatable bonds is 3. The molecule has 2 aromatic heterocycles. The van der Waals surface area contributed by atoms with Gasteiger partial charge in [-0.15, -0.1) is 0 Å². The molecule has 1 N–H and O–H groups in total. The van der Waals surface area contributed by atoms with Crippen molar-refractivity contribution in [1.29, 1.82) is 0 Å². The third kappa shape index (κ3) is 3.42. The summed E-state index contributed by atoms with van der Waals surface area (Å²) in [6.07, 6.45) is 4.16. The van der Waals surface area contributed by atoms with Gasteiger partial charge in [-0.1, -0.05) is 70.5 Å². The second-order valence-electron chi connectivity index (χ2n) is 8.40. The van der Waals surface area contributed by atoms with E-state index in [0.717, 1.165) is 64.1 Å². The first kappa shape index (κ1) is 19.6. The van der Waals surface area contributed by atoms with Gasteiger partial charge >= 0.3 is 0 Å². The van der Waals surface area contributed by atoms with Gasteiger partial charge < -0.3 is 9.88 Å². The molecule has 0 aliphatic carbocycles. The smallest absolute Gasteiger partial charge is 0.160 e. The van der Waals surface area contributed by atoms with Crippen molar-refractivity contribution in [1.82, 2.24) is 19.9 Å². The first-order valence-electron chi connectivity index (χ1n) is 11.1. The van der Waals surface area contributed by atoms with Crippen LogP contribution in [0.3, 0.4) is 0 Å². The Morgan fingerprint density at radius 3 is 2.47 bits per heavy atom. The molecule has 5 aromatic rings. The normalized spacial score (nSPS) is 14.9. The van der Waals surface area contributed by atoms with E-state index in [2.05, 4.69) is 92.5 Å². The highest BCUT2D eigenvalue weighted by atomic mass is 79.9. The molecule has 32 heavy (non-hydrogen) atoms. The van der Waals surface area contributed by atoms with E-state index >= 15 is 0 Å². The lowest BCUT2D eigenvalue weighted by Crippen LogP contribution is -2.29. The maximum absolute atomic E-state index is 5.12. The quantitative estimate of drug-likeness (QED) is 0.314. The summed E-state index contributed by atoms with van der Waals surface area (Å²) in [7, 11) is 0. The van der Waals surface area contributed by atoms with Gasteiger partial charge in [0.25, 0.3) is 0 Å². The molecule has 0 unspecified atom stereocenters. The van der Waals surface area contributed by atoms with Crippen LogP contribution >= 0.6 is 15.9 Å². The van der Waals surface area contributed by atoms with E-state index < -0.39 is 0 Å². The fourth-order valence-electron chi connectivity index (χ4n) is 4.75. The molecule has 0 atom stereocenters. The lowest BCUT2D eigenvalue weighted by molar-refractivity contribution is 0.376. The molecule has 0 spiro atoms. The van der Waals surface area contributed by atoms with Crippen molar-refractivity contribution in [3.63, 3.8) is 0 Å². The van der Waals surface area contributed by atoms with Crippen LogP contribution < -0.4 is 5.32 Å². The fourth-order valence-corrected chi connectivity index (χ4v) is 5.21. The highest BCUT2D eigenvalue weighted by Crippen LogP contribution is 2.36. The molecule has 0 bridgehead atoms. The number of hydrogen-bond donors (Lipinski definition) is 1. The molecule has 1 aliphatic rings. The highest BCUT2D eigenvalue weighted by Gasteiger charge is 2.24. The van der Waals surface area contributed by atoms with Crippen molar-refractivity contribution in [2.24, 2.45) is 0 Å². The third-order valence-electron chi connectivity index (χ3n) is 6.40. The van der Waals surface area contributed by atoms with Gasteiger partial charge in [0.2, 0.25) is 0 Å². The number of fused-ring (bicyclic) bond motifs is 2. The molecule has 1 saturated heterocycles. The molecular formula is C27H23BrN4. The predicted molar refractivity (Wildman–Crippen MR) is 135 cm³/mol. The van der Waals surface area contributed by atoms with Crippen LogP contribution in [0.15, 0.2) is 83.5 Å². The van der Waals surface area contributed by atoms with E-state index in [9.17, 15) is 0 Å². The Labute approximate surface area is 195 Å². The first-order chi connectivity index (χ1) is 15.8. The van der Waals surface area contributed by atoms with Gasteiger partial charge in [-0.25, -0.2) is 9.97 Å². The van der Waals surface area contributed by atoms with Gasteiger partial charge in [-0.05, 0) is 60.5 Å². The lowest BCUT2D eigenvalue weighted by Gasteiger charge is -2.26. The molecule has 6 rings (SSSR count). The molecule has 0 amide bonds. The first-order valence-corrected chi connectivity index (χ1v) is 11.9. The summed E-state index contributed by atoms with van der Waals surface area (Å²) < 4.78 is 3.42. The van der Waals surface area contributed by atoms with Gasteiger partial charge in [0.15, 0.2) is 5.65 Å². The minimum absolute atomic E-state index is 0.391. The van der Waals surface area contributed by atoms with Crippen molar-refractivity contribution in [3.05, 3.63) is 83.5 Å². The van der Waals surface area contributed by atoms with Crippen molar-refractivity contribution >= 4 is 37.9 Å². The number of pyridine rings is 1. The summed E-state index contributed by atoms with van der Waals surface area (Å²) in [6.45, 7) is 2.05. The molecule has 0 saturated carbocycles. The van der Waals surface area contributed by atoms with Crippen molar-refractivity contribution in [3.8, 4) is 22.5 Å². The maximum Gasteiger partial charge on any atom is 0.160 e. The minimum Gasteiger partial charge on any atom is -0.317 e. The zero-order chi connectivity index (χ0) is 21.5. The SMILES string of the molecule is Brc1ccccc1-c1nc2cc(-c3ccc4ccccc4c3)cnc2n1C1CCNCC1. The number of imidazole rings is 1. The fraction of sp³-hybridized carbons (Fsp3) is 0.185. The second kappa shape index (κ2) is 8.15. The molecule has 4 nitrogen and oxygen atoms in total. The van der Waals surface area contributed by atoms with Crippen LogP contribution in [0, 0.1) is 0 Å². The molecule has 5 heteroatoms. The van der Waals surface area contributed by atoms with Crippen molar-refractivity contribution < 1.29 is 0 Å². The van der Waals surface area contributed by atoms with Crippen LogP contribution in [0.1, 0.15) is 18.9 Å². The number of halogens is 1. The topological polar surface area (TPSA) is 42.7 Å². The van der Waals surface area contributed by atoms with E-state index in [0.29, 0.717) is 6.04 Å². The zero-order valence-corrected chi connectivity index (χ0v) is 19.2. The van der Waals surface area contributed by atoms with Crippen LogP contribution in [0.5, 0.6) is 0 Å². The molecule has 158 valence electrons. The monoisotopic (exact) mass is 482 g/mol.